The van der Waals surface area contributed by atoms with Crippen molar-refractivity contribution in [2.45, 2.75) is 6.54 Å². The molecular formula is C18H13N3O8S. The third-order valence-electron chi connectivity index (χ3n) is 4.20. The molecule has 0 radical (unpaired) electrons. The van der Waals surface area contributed by atoms with Crippen LogP contribution in [0.4, 0.5) is 16.2 Å². The second kappa shape index (κ2) is 8.21. The van der Waals surface area contributed by atoms with E-state index in [0.717, 1.165) is 23.1 Å². The second-order valence-corrected chi connectivity index (χ2v) is 6.99. The number of benzene rings is 2. The van der Waals surface area contributed by atoms with Crippen LogP contribution in [0.25, 0.3) is 6.08 Å². The summed E-state index contributed by atoms with van der Waals surface area (Å²) in [5, 5.41) is 31.8. The normalized spacial score (nSPS) is 15.0. The van der Waals surface area contributed by atoms with Gasteiger partial charge in [-0.05, 0) is 17.8 Å². The predicted octanol–water partition coefficient (Wildman–Crippen LogP) is 3.45. The highest BCUT2D eigenvalue weighted by molar-refractivity contribution is 8.18. The molecule has 1 aliphatic rings. The lowest BCUT2D eigenvalue weighted by atomic mass is 10.1. The largest absolute Gasteiger partial charge is 0.504 e. The number of non-ortho nitro benzene ring substituents is 1. The van der Waals surface area contributed by atoms with E-state index in [9.17, 15) is 34.9 Å². The first-order valence-electron chi connectivity index (χ1n) is 8.26. The third-order valence-corrected chi connectivity index (χ3v) is 5.10. The highest BCUT2D eigenvalue weighted by Gasteiger charge is 2.36. The van der Waals surface area contributed by atoms with Crippen molar-refractivity contribution >= 4 is 40.4 Å². The van der Waals surface area contributed by atoms with Crippen LogP contribution in [0.3, 0.4) is 0 Å². The fourth-order valence-electron chi connectivity index (χ4n) is 2.76. The van der Waals surface area contributed by atoms with Gasteiger partial charge in [-0.2, -0.15) is 0 Å². The van der Waals surface area contributed by atoms with E-state index >= 15 is 0 Å². The van der Waals surface area contributed by atoms with Gasteiger partial charge in [0.25, 0.3) is 22.5 Å². The highest BCUT2D eigenvalue weighted by atomic mass is 32.2. The van der Waals surface area contributed by atoms with E-state index in [0.29, 0.717) is 11.8 Å². The zero-order chi connectivity index (χ0) is 22.0. The molecule has 11 nitrogen and oxygen atoms in total. The molecule has 3 rings (SSSR count). The maximum atomic E-state index is 12.7. The van der Waals surface area contributed by atoms with E-state index in [-0.39, 0.29) is 39.7 Å². The number of aromatic hydroxyl groups is 1. The quantitative estimate of drug-likeness (QED) is 0.411. The summed E-state index contributed by atoms with van der Waals surface area (Å²) in [6, 6.07) is 7.76. The van der Waals surface area contributed by atoms with Crippen LogP contribution in [0.2, 0.25) is 0 Å². The first-order valence-corrected chi connectivity index (χ1v) is 9.07. The lowest BCUT2D eigenvalue weighted by molar-refractivity contribution is -0.385. The van der Waals surface area contributed by atoms with E-state index in [1.165, 1.54) is 25.3 Å². The summed E-state index contributed by atoms with van der Waals surface area (Å²) in [5.74, 6) is -1.35. The number of phenolic OH excluding ortho intramolecular Hbond substituents is 1. The van der Waals surface area contributed by atoms with Gasteiger partial charge in [-0.25, -0.2) is 0 Å². The average Bonchev–Trinajstić information content (AvgIpc) is 2.97. The molecule has 30 heavy (non-hydrogen) atoms. The summed E-state index contributed by atoms with van der Waals surface area (Å²) in [5.41, 5.74) is -0.528. The van der Waals surface area contributed by atoms with Crippen molar-refractivity contribution < 1.29 is 29.3 Å². The van der Waals surface area contributed by atoms with E-state index in [2.05, 4.69) is 0 Å². The topological polar surface area (TPSA) is 153 Å². The number of carbonyl (C=O) groups excluding carboxylic acids is 2. The SMILES string of the molecule is COc1cc([N+](=O)[O-])cc(/C=C2\SC(=O)N(Cc3ccccc3[N+](=O)[O-])C2=O)c1O. The summed E-state index contributed by atoms with van der Waals surface area (Å²) in [6.45, 7) is -0.316. The van der Waals surface area contributed by atoms with Crippen molar-refractivity contribution in [1.82, 2.24) is 4.90 Å². The molecule has 0 atom stereocenters. The van der Waals surface area contributed by atoms with Crippen molar-refractivity contribution in [1.29, 1.82) is 0 Å². The van der Waals surface area contributed by atoms with Gasteiger partial charge in [-0.3, -0.25) is 34.7 Å². The zero-order valence-electron chi connectivity index (χ0n) is 15.3. The Labute approximate surface area is 172 Å². The van der Waals surface area contributed by atoms with E-state index in [1.807, 2.05) is 0 Å². The number of imide groups is 1. The van der Waals surface area contributed by atoms with Gasteiger partial charge in [0.05, 0.1) is 34.5 Å². The number of nitro benzene ring substituents is 2. The molecule has 2 aromatic rings. The van der Waals surface area contributed by atoms with Gasteiger partial charge in [-0.15, -0.1) is 0 Å². The molecule has 0 aliphatic carbocycles. The molecule has 2 amide bonds. The van der Waals surface area contributed by atoms with Crippen LogP contribution < -0.4 is 4.74 Å². The van der Waals surface area contributed by atoms with Gasteiger partial charge in [0.2, 0.25) is 0 Å². The lowest BCUT2D eigenvalue weighted by Gasteiger charge is -2.12. The number of hydrogen-bond acceptors (Lipinski definition) is 9. The third kappa shape index (κ3) is 3.93. The molecule has 0 spiro atoms. The van der Waals surface area contributed by atoms with Crippen molar-refractivity contribution in [2.75, 3.05) is 7.11 Å². The minimum atomic E-state index is -0.743. The fourth-order valence-corrected chi connectivity index (χ4v) is 3.59. The Balaban J connectivity index is 1.96. The molecule has 12 heteroatoms. The van der Waals surface area contributed by atoms with Gasteiger partial charge in [-0.1, -0.05) is 18.2 Å². The standard InChI is InChI=1S/C18H13N3O8S/c1-29-14-8-12(20(25)26)6-11(16(14)22)7-15-17(23)19(18(24)30-15)9-10-4-2-3-5-13(10)21(27)28/h2-8,22H,9H2,1H3/b15-7-. The number of para-hydroxylation sites is 1. The molecule has 0 unspecified atom stereocenters. The molecule has 2 aromatic carbocycles. The second-order valence-electron chi connectivity index (χ2n) is 6.00. The maximum Gasteiger partial charge on any atom is 0.293 e. The first-order chi connectivity index (χ1) is 14.2. The van der Waals surface area contributed by atoms with Crippen LogP contribution >= 0.6 is 11.8 Å². The van der Waals surface area contributed by atoms with Gasteiger partial charge in [0, 0.05) is 23.3 Å². The summed E-state index contributed by atoms with van der Waals surface area (Å²) in [4.78, 5) is 46.7. The molecule has 1 N–H and O–H groups in total. The number of nitro groups is 2. The van der Waals surface area contributed by atoms with Crippen molar-refractivity contribution in [3.8, 4) is 11.5 Å². The summed E-state index contributed by atoms with van der Waals surface area (Å²) in [7, 11) is 1.21. The minimum Gasteiger partial charge on any atom is -0.504 e. The van der Waals surface area contributed by atoms with E-state index < -0.39 is 26.7 Å². The number of methoxy groups -OCH3 is 1. The fraction of sp³-hybridized carbons (Fsp3) is 0.111. The molecule has 1 heterocycles. The molecule has 1 fully saturated rings. The van der Waals surface area contributed by atoms with Crippen LogP contribution in [-0.4, -0.2) is 38.1 Å². The van der Waals surface area contributed by atoms with Gasteiger partial charge >= 0.3 is 0 Å². The summed E-state index contributed by atoms with van der Waals surface area (Å²) < 4.78 is 4.91. The Morgan fingerprint density at radius 1 is 1.17 bits per heavy atom. The Morgan fingerprint density at radius 2 is 1.87 bits per heavy atom. The monoisotopic (exact) mass is 431 g/mol. The average molecular weight is 431 g/mol. The van der Waals surface area contributed by atoms with Crippen LogP contribution in [0.5, 0.6) is 11.5 Å². The number of nitrogens with zero attached hydrogens (tertiary/aromatic N) is 3. The summed E-state index contributed by atoms with van der Waals surface area (Å²) in [6.07, 6.45) is 1.13. The van der Waals surface area contributed by atoms with E-state index in [4.69, 9.17) is 4.74 Å². The number of thioether (sulfide) groups is 1. The van der Waals surface area contributed by atoms with Gasteiger partial charge in [0.15, 0.2) is 11.5 Å². The molecular weight excluding hydrogens is 418 g/mol. The van der Waals surface area contributed by atoms with Crippen molar-refractivity contribution in [2.24, 2.45) is 0 Å². The maximum absolute atomic E-state index is 12.7. The highest BCUT2D eigenvalue weighted by Crippen LogP contribution is 2.39. The smallest absolute Gasteiger partial charge is 0.293 e. The van der Waals surface area contributed by atoms with E-state index in [1.54, 1.807) is 6.07 Å². The first kappa shape index (κ1) is 20.8. The van der Waals surface area contributed by atoms with Gasteiger partial charge in [0.1, 0.15) is 0 Å². The number of hydrogen-bond donors (Lipinski definition) is 1. The number of ether oxygens (including phenoxy) is 1. The molecule has 1 saturated heterocycles. The van der Waals surface area contributed by atoms with Crippen LogP contribution in [0.15, 0.2) is 41.3 Å². The lowest BCUT2D eigenvalue weighted by Crippen LogP contribution is -2.27. The van der Waals surface area contributed by atoms with Crippen molar-refractivity contribution in [3.63, 3.8) is 0 Å². The molecule has 1 aliphatic heterocycles. The van der Waals surface area contributed by atoms with Crippen molar-refractivity contribution in [3.05, 3.63) is 72.7 Å². The Bertz CT molecular complexity index is 1110. The van der Waals surface area contributed by atoms with Gasteiger partial charge < -0.3 is 9.84 Å². The van der Waals surface area contributed by atoms with Crippen LogP contribution in [0.1, 0.15) is 11.1 Å². The number of carbonyl (C=O) groups is 2. The Morgan fingerprint density at radius 3 is 2.50 bits per heavy atom. The van der Waals surface area contributed by atoms with Crippen LogP contribution in [-0.2, 0) is 11.3 Å². The number of phenols is 1. The van der Waals surface area contributed by atoms with Crippen LogP contribution in [0, 0.1) is 20.2 Å². The number of rotatable bonds is 6. The minimum absolute atomic E-state index is 0.0859. The molecule has 154 valence electrons. The molecule has 0 aromatic heterocycles. The Hall–Kier alpha value is -3.93. The predicted molar refractivity (Wildman–Crippen MR) is 106 cm³/mol. The molecule has 0 saturated carbocycles. The zero-order valence-corrected chi connectivity index (χ0v) is 16.1. The Kier molecular flexibility index (Phi) is 5.69. The summed E-state index contributed by atoms with van der Waals surface area (Å²) >= 11 is 0.553. The number of amides is 2. The molecule has 0 bridgehead atoms.